The van der Waals surface area contributed by atoms with Crippen LogP contribution in [0, 0.1) is 0 Å². The molecule has 1 amide bonds. The van der Waals surface area contributed by atoms with Crippen LogP contribution in [0.25, 0.3) is 0 Å². The number of benzene rings is 2. The van der Waals surface area contributed by atoms with Crippen LogP contribution in [0.1, 0.15) is 5.56 Å². The number of piperazine rings is 1. The number of aromatic nitrogens is 2. The number of carbonyl (C=O) groups excluding carboxylic acids is 1. The van der Waals surface area contributed by atoms with Gasteiger partial charge < -0.3 is 24.6 Å². The van der Waals surface area contributed by atoms with E-state index in [0.717, 1.165) is 28.6 Å². The Morgan fingerprint density at radius 1 is 0.906 bits per heavy atom. The zero-order valence-electron chi connectivity index (χ0n) is 18.3. The molecule has 1 aliphatic rings. The van der Waals surface area contributed by atoms with E-state index in [0.29, 0.717) is 38.5 Å². The van der Waals surface area contributed by atoms with Gasteiger partial charge in [-0.1, -0.05) is 12.1 Å². The quantitative estimate of drug-likeness (QED) is 0.613. The van der Waals surface area contributed by atoms with Crippen LogP contribution >= 0.6 is 0 Å². The van der Waals surface area contributed by atoms with Gasteiger partial charge in [-0.15, -0.1) is 0 Å². The highest BCUT2D eigenvalue weighted by molar-refractivity contribution is 5.79. The van der Waals surface area contributed by atoms with Crippen LogP contribution < -0.4 is 19.7 Å². The van der Waals surface area contributed by atoms with Gasteiger partial charge in [-0.2, -0.15) is 4.98 Å². The maximum Gasteiger partial charge on any atom is 0.227 e. The first-order chi connectivity index (χ1) is 15.6. The lowest BCUT2D eigenvalue weighted by Crippen LogP contribution is -2.49. The van der Waals surface area contributed by atoms with Crippen molar-refractivity contribution in [3.63, 3.8) is 0 Å². The summed E-state index contributed by atoms with van der Waals surface area (Å²) >= 11 is 0. The molecule has 0 atom stereocenters. The molecule has 3 aromatic rings. The zero-order valence-corrected chi connectivity index (χ0v) is 18.3. The first-order valence-corrected chi connectivity index (χ1v) is 10.5. The van der Waals surface area contributed by atoms with E-state index in [4.69, 9.17) is 9.47 Å². The maximum absolute atomic E-state index is 12.7. The Hall–Kier alpha value is -3.81. The van der Waals surface area contributed by atoms with Gasteiger partial charge in [-0.25, -0.2) is 4.98 Å². The molecule has 1 fully saturated rings. The molecule has 1 aromatic heterocycles. The van der Waals surface area contributed by atoms with E-state index in [2.05, 4.69) is 20.2 Å². The minimum absolute atomic E-state index is 0.130. The van der Waals surface area contributed by atoms with E-state index in [9.17, 15) is 4.79 Å². The summed E-state index contributed by atoms with van der Waals surface area (Å²) in [6, 6.07) is 17.1. The fourth-order valence-corrected chi connectivity index (χ4v) is 3.58. The first-order valence-electron chi connectivity index (χ1n) is 10.5. The zero-order chi connectivity index (χ0) is 22.3. The molecular formula is C24H27N5O3. The lowest BCUT2D eigenvalue weighted by atomic mass is 10.1. The van der Waals surface area contributed by atoms with E-state index in [1.165, 1.54) is 0 Å². The number of anilines is 3. The Balaban J connectivity index is 1.32. The summed E-state index contributed by atoms with van der Waals surface area (Å²) in [4.78, 5) is 25.8. The van der Waals surface area contributed by atoms with Gasteiger partial charge in [-0.05, 0) is 48.0 Å². The normalized spacial score (nSPS) is 13.6. The Labute approximate surface area is 187 Å². The molecular weight excluding hydrogens is 406 g/mol. The molecule has 166 valence electrons. The Morgan fingerprint density at radius 3 is 2.16 bits per heavy atom. The number of ether oxygens (including phenoxy) is 2. The molecule has 0 bridgehead atoms. The summed E-state index contributed by atoms with van der Waals surface area (Å²) in [7, 11) is 3.28. The van der Waals surface area contributed by atoms with Crippen molar-refractivity contribution in [2.45, 2.75) is 6.42 Å². The Bertz CT molecular complexity index is 1030. The molecule has 0 saturated carbocycles. The van der Waals surface area contributed by atoms with Gasteiger partial charge in [-0.3, -0.25) is 4.79 Å². The predicted molar refractivity (Wildman–Crippen MR) is 124 cm³/mol. The third-order valence-corrected chi connectivity index (χ3v) is 5.43. The number of methoxy groups -OCH3 is 2. The van der Waals surface area contributed by atoms with Crippen LogP contribution in [-0.2, 0) is 11.2 Å². The van der Waals surface area contributed by atoms with Gasteiger partial charge in [0.05, 0.1) is 20.6 Å². The highest BCUT2D eigenvalue weighted by Crippen LogP contribution is 2.20. The smallest absolute Gasteiger partial charge is 0.227 e. The third kappa shape index (κ3) is 5.26. The summed E-state index contributed by atoms with van der Waals surface area (Å²) < 4.78 is 10.4. The SMILES string of the molecule is COc1ccc(CC(=O)N2CCN(c3nccc(Nc4ccc(OC)cc4)n3)CC2)cc1. The molecule has 1 saturated heterocycles. The summed E-state index contributed by atoms with van der Waals surface area (Å²) in [6.45, 7) is 2.68. The maximum atomic E-state index is 12.7. The van der Waals surface area contributed by atoms with Crippen molar-refractivity contribution < 1.29 is 14.3 Å². The van der Waals surface area contributed by atoms with Crippen molar-refractivity contribution in [1.82, 2.24) is 14.9 Å². The van der Waals surface area contributed by atoms with Gasteiger partial charge in [0.15, 0.2) is 0 Å². The molecule has 32 heavy (non-hydrogen) atoms. The molecule has 1 aliphatic heterocycles. The second-order valence-corrected chi connectivity index (χ2v) is 7.49. The topological polar surface area (TPSA) is 79.8 Å². The van der Waals surface area contributed by atoms with Crippen molar-refractivity contribution in [3.8, 4) is 11.5 Å². The van der Waals surface area contributed by atoms with E-state index in [1.54, 1.807) is 20.4 Å². The molecule has 8 nitrogen and oxygen atoms in total. The lowest BCUT2D eigenvalue weighted by molar-refractivity contribution is -0.130. The van der Waals surface area contributed by atoms with Crippen LogP contribution in [0.2, 0.25) is 0 Å². The average molecular weight is 434 g/mol. The fourth-order valence-electron chi connectivity index (χ4n) is 3.58. The molecule has 1 N–H and O–H groups in total. The van der Waals surface area contributed by atoms with Crippen molar-refractivity contribution >= 4 is 23.4 Å². The average Bonchev–Trinajstić information content (AvgIpc) is 2.85. The molecule has 2 heterocycles. The number of rotatable bonds is 7. The molecule has 0 spiro atoms. The fraction of sp³-hybridized carbons (Fsp3) is 0.292. The van der Waals surface area contributed by atoms with Crippen LogP contribution in [0.3, 0.4) is 0 Å². The molecule has 0 aliphatic carbocycles. The third-order valence-electron chi connectivity index (χ3n) is 5.43. The molecule has 8 heteroatoms. The summed E-state index contributed by atoms with van der Waals surface area (Å²) in [5, 5.41) is 3.29. The first kappa shape index (κ1) is 21.4. The van der Waals surface area contributed by atoms with Gasteiger partial charge in [0, 0.05) is 38.1 Å². The summed E-state index contributed by atoms with van der Waals surface area (Å²) in [5.74, 6) is 3.10. The predicted octanol–water partition coefficient (Wildman–Crippen LogP) is 3.13. The number of amides is 1. The van der Waals surface area contributed by atoms with Gasteiger partial charge in [0.2, 0.25) is 11.9 Å². The lowest BCUT2D eigenvalue weighted by Gasteiger charge is -2.35. The number of nitrogens with one attached hydrogen (secondary N) is 1. The second-order valence-electron chi connectivity index (χ2n) is 7.49. The van der Waals surface area contributed by atoms with Crippen molar-refractivity contribution in [1.29, 1.82) is 0 Å². The van der Waals surface area contributed by atoms with Crippen LogP contribution in [0.4, 0.5) is 17.5 Å². The molecule has 0 unspecified atom stereocenters. The van der Waals surface area contributed by atoms with Crippen molar-refractivity contribution in [2.24, 2.45) is 0 Å². The van der Waals surface area contributed by atoms with Gasteiger partial charge in [0.1, 0.15) is 17.3 Å². The number of nitrogens with zero attached hydrogens (tertiary/aromatic N) is 4. The van der Waals surface area contributed by atoms with Crippen LogP contribution in [0.5, 0.6) is 11.5 Å². The highest BCUT2D eigenvalue weighted by Gasteiger charge is 2.22. The molecule has 2 aromatic carbocycles. The van der Waals surface area contributed by atoms with Crippen molar-refractivity contribution in [2.75, 3.05) is 50.6 Å². The van der Waals surface area contributed by atoms with E-state index in [-0.39, 0.29) is 5.91 Å². The van der Waals surface area contributed by atoms with E-state index in [1.807, 2.05) is 59.5 Å². The van der Waals surface area contributed by atoms with Gasteiger partial charge in [0.25, 0.3) is 0 Å². The highest BCUT2D eigenvalue weighted by atomic mass is 16.5. The molecule has 4 rings (SSSR count). The Morgan fingerprint density at radius 2 is 1.53 bits per heavy atom. The standard InChI is InChI=1S/C24H27N5O3/c1-31-20-7-3-18(4-8-20)17-23(30)28-13-15-29(16-14-28)24-25-12-11-22(27-24)26-19-5-9-21(32-2)10-6-19/h3-12H,13-17H2,1-2H3,(H,25,26,27). The van der Waals surface area contributed by atoms with Crippen LogP contribution in [0.15, 0.2) is 60.8 Å². The van der Waals surface area contributed by atoms with E-state index < -0.39 is 0 Å². The van der Waals surface area contributed by atoms with Gasteiger partial charge >= 0.3 is 0 Å². The summed E-state index contributed by atoms with van der Waals surface area (Å²) in [6.07, 6.45) is 2.14. The monoisotopic (exact) mass is 433 g/mol. The number of hydrogen-bond donors (Lipinski definition) is 1. The largest absolute Gasteiger partial charge is 0.497 e. The second kappa shape index (κ2) is 10.00. The van der Waals surface area contributed by atoms with Crippen LogP contribution in [-0.4, -0.2) is 61.2 Å². The molecule has 0 radical (unpaired) electrons. The summed E-state index contributed by atoms with van der Waals surface area (Å²) in [5.41, 5.74) is 1.91. The van der Waals surface area contributed by atoms with E-state index >= 15 is 0 Å². The number of carbonyl (C=O) groups is 1. The Kier molecular flexibility index (Phi) is 6.69. The van der Waals surface area contributed by atoms with Crippen molar-refractivity contribution in [3.05, 3.63) is 66.4 Å². The minimum Gasteiger partial charge on any atom is -0.497 e. The number of hydrogen-bond acceptors (Lipinski definition) is 7. The minimum atomic E-state index is 0.130.